The fourth-order valence-electron chi connectivity index (χ4n) is 5.35. The number of H-pyrrole nitrogens is 2. The Bertz CT molecular complexity index is 1780. The molecule has 1 fully saturated rings. The molecule has 8 heteroatoms. The summed E-state index contributed by atoms with van der Waals surface area (Å²) in [6.45, 7) is 6.02. The van der Waals surface area contributed by atoms with Gasteiger partial charge in [0, 0.05) is 23.9 Å². The van der Waals surface area contributed by atoms with Gasteiger partial charge < -0.3 is 9.72 Å². The second-order valence-corrected chi connectivity index (χ2v) is 10.1. The molecule has 1 aliphatic rings. The summed E-state index contributed by atoms with van der Waals surface area (Å²) in [6, 6.07) is 20.6. The van der Waals surface area contributed by atoms with Crippen LogP contribution < -0.4 is 4.74 Å². The van der Waals surface area contributed by atoms with Crippen LogP contribution in [-0.2, 0) is 0 Å². The number of hydrogen-bond acceptors (Lipinski definition) is 6. The van der Waals surface area contributed by atoms with Crippen LogP contribution in [0.4, 0.5) is 0 Å². The van der Waals surface area contributed by atoms with Gasteiger partial charge in [0.1, 0.15) is 17.9 Å². The van der Waals surface area contributed by atoms with E-state index in [1.165, 1.54) is 18.4 Å². The van der Waals surface area contributed by atoms with Crippen LogP contribution in [0.1, 0.15) is 18.4 Å². The van der Waals surface area contributed by atoms with Crippen molar-refractivity contribution in [1.82, 2.24) is 35.0 Å². The summed E-state index contributed by atoms with van der Waals surface area (Å²) in [6.07, 6.45) is 6.14. The first kappa shape index (κ1) is 23.5. The summed E-state index contributed by atoms with van der Waals surface area (Å²) in [4.78, 5) is 20.3. The average molecular weight is 516 g/mol. The van der Waals surface area contributed by atoms with Crippen molar-refractivity contribution in [2.24, 2.45) is 0 Å². The van der Waals surface area contributed by atoms with E-state index in [1.54, 1.807) is 6.20 Å². The fraction of sp³-hybridized carbons (Fsp3) is 0.226. The second-order valence-electron chi connectivity index (χ2n) is 10.1. The summed E-state index contributed by atoms with van der Waals surface area (Å²) in [5.74, 6) is 1.43. The van der Waals surface area contributed by atoms with Gasteiger partial charge in [-0.05, 0) is 62.7 Å². The van der Waals surface area contributed by atoms with Crippen LogP contribution in [0.2, 0.25) is 0 Å². The summed E-state index contributed by atoms with van der Waals surface area (Å²) < 4.78 is 6.02. The summed E-state index contributed by atoms with van der Waals surface area (Å²) in [5, 5.41) is 7.69. The molecule has 194 valence electrons. The summed E-state index contributed by atoms with van der Waals surface area (Å²) in [5.41, 5.74) is 9.29. The molecule has 4 aromatic heterocycles. The van der Waals surface area contributed by atoms with Crippen LogP contribution in [-0.4, -0.2) is 61.3 Å². The number of rotatable bonds is 7. The number of fused-ring (bicyclic) bond motifs is 2. The number of hydrogen-bond donors (Lipinski definition) is 2. The van der Waals surface area contributed by atoms with Crippen molar-refractivity contribution in [3.8, 4) is 39.7 Å². The minimum absolute atomic E-state index is 0.653. The number of aromatic nitrogens is 6. The lowest BCUT2D eigenvalue weighted by Crippen LogP contribution is -2.25. The van der Waals surface area contributed by atoms with Gasteiger partial charge in [0.05, 0.1) is 28.4 Å². The smallest absolute Gasteiger partial charge is 0.161 e. The third kappa shape index (κ3) is 4.64. The molecular weight excluding hydrogens is 486 g/mol. The number of ether oxygens (including phenoxy) is 1. The highest BCUT2D eigenvalue weighted by Crippen LogP contribution is 2.32. The minimum atomic E-state index is 0.653. The third-order valence-corrected chi connectivity index (χ3v) is 7.36. The lowest BCUT2D eigenvalue weighted by Gasteiger charge is -2.15. The Balaban J connectivity index is 1.20. The van der Waals surface area contributed by atoms with Crippen LogP contribution in [0.5, 0.6) is 5.75 Å². The number of imidazole rings is 1. The fourth-order valence-corrected chi connectivity index (χ4v) is 5.35. The van der Waals surface area contributed by atoms with Crippen molar-refractivity contribution in [1.29, 1.82) is 0 Å². The number of aryl methyl sites for hydroxylation is 1. The lowest BCUT2D eigenvalue weighted by molar-refractivity contribution is 0.237. The predicted octanol–water partition coefficient (Wildman–Crippen LogP) is 6.01. The molecule has 0 unspecified atom stereocenters. The van der Waals surface area contributed by atoms with Gasteiger partial charge in [0.25, 0.3) is 0 Å². The van der Waals surface area contributed by atoms with Crippen molar-refractivity contribution in [2.75, 3.05) is 26.2 Å². The van der Waals surface area contributed by atoms with Crippen LogP contribution in [0.25, 0.3) is 56.0 Å². The molecule has 1 aliphatic heterocycles. The highest BCUT2D eigenvalue weighted by atomic mass is 16.5. The van der Waals surface area contributed by atoms with Crippen molar-refractivity contribution in [3.63, 3.8) is 0 Å². The first-order valence-electron chi connectivity index (χ1n) is 13.4. The quantitative estimate of drug-likeness (QED) is 0.270. The van der Waals surface area contributed by atoms with E-state index in [2.05, 4.69) is 62.3 Å². The molecule has 0 spiro atoms. The molecule has 7 rings (SSSR count). The molecule has 0 bridgehead atoms. The Labute approximate surface area is 226 Å². The maximum absolute atomic E-state index is 6.02. The van der Waals surface area contributed by atoms with Crippen LogP contribution in [0, 0.1) is 6.92 Å². The Hall–Kier alpha value is -4.56. The Kier molecular flexibility index (Phi) is 6.01. The summed E-state index contributed by atoms with van der Waals surface area (Å²) in [7, 11) is 0. The zero-order valence-electron chi connectivity index (χ0n) is 21.8. The number of para-hydroxylation sites is 1. The number of pyridine rings is 2. The average Bonchev–Trinajstić information content (AvgIpc) is 3.72. The van der Waals surface area contributed by atoms with Gasteiger partial charge in [-0.3, -0.25) is 15.0 Å². The van der Waals surface area contributed by atoms with E-state index in [9.17, 15) is 0 Å². The molecule has 2 N–H and O–H groups in total. The number of aromatic amines is 2. The van der Waals surface area contributed by atoms with E-state index in [-0.39, 0.29) is 0 Å². The lowest BCUT2D eigenvalue weighted by atomic mass is 10.0. The molecule has 0 atom stereocenters. The van der Waals surface area contributed by atoms with Gasteiger partial charge >= 0.3 is 0 Å². The maximum Gasteiger partial charge on any atom is 0.161 e. The minimum Gasteiger partial charge on any atom is -0.491 e. The van der Waals surface area contributed by atoms with E-state index >= 15 is 0 Å². The van der Waals surface area contributed by atoms with Gasteiger partial charge in [-0.25, -0.2) is 9.97 Å². The highest BCUT2D eigenvalue weighted by molar-refractivity contribution is 5.96. The monoisotopic (exact) mass is 515 g/mol. The molecule has 0 aliphatic carbocycles. The number of likely N-dealkylation sites (tertiary alicyclic amines) is 1. The largest absolute Gasteiger partial charge is 0.491 e. The standard InChI is InChI=1S/C31H29N7O/c1-20-6-4-7-21(16-20)24-8-5-9-26-28(24)35-31(34-26)30-29-27(36-37-30)11-10-25(33-29)22-17-23(19-32-18-22)39-15-14-38-12-2-3-13-38/h4-11,16-19H,2-3,12-15H2,1H3,(H,34,35)(H,36,37). The molecule has 1 saturated heterocycles. The zero-order chi connectivity index (χ0) is 26.2. The Morgan fingerprint density at radius 1 is 0.872 bits per heavy atom. The normalized spacial score (nSPS) is 14.0. The van der Waals surface area contributed by atoms with Crippen LogP contribution in [0.15, 0.2) is 73.1 Å². The predicted molar refractivity (Wildman–Crippen MR) is 154 cm³/mol. The first-order chi connectivity index (χ1) is 19.2. The molecule has 0 amide bonds. The number of nitrogens with zero attached hydrogens (tertiary/aromatic N) is 5. The van der Waals surface area contributed by atoms with Crippen molar-refractivity contribution < 1.29 is 4.74 Å². The van der Waals surface area contributed by atoms with Gasteiger partial charge in [-0.15, -0.1) is 0 Å². The molecule has 8 nitrogen and oxygen atoms in total. The number of nitrogens with one attached hydrogen (secondary N) is 2. The topological polar surface area (TPSA) is 95.6 Å². The SMILES string of the molecule is Cc1cccc(-c2cccc3[nH]c(-c4n[nH]c5ccc(-c6cncc(OCCN7CCCC7)c6)nc45)nc23)c1. The van der Waals surface area contributed by atoms with Crippen LogP contribution in [0.3, 0.4) is 0 Å². The first-order valence-corrected chi connectivity index (χ1v) is 13.4. The number of benzene rings is 2. The Morgan fingerprint density at radius 2 is 1.77 bits per heavy atom. The van der Waals surface area contributed by atoms with Crippen molar-refractivity contribution >= 4 is 22.1 Å². The molecule has 0 radical (unpaired) electrons. The Morgan fingerprint density at radius 3 is 2.67 bits per heavy atom. The second kappa shape index (κ2) is 9.96. The molecule has 0 saturated carbocycles. The van der Waals surface area contributed by atoms with E-state index in [1.807, 2.05) is 36.5 Å². The third-order valence-electron chi connectivity index (χ3n) is 7.36. The molecule has 6 aromatic rings. The molecule has 2 aromatic carbocycles. The highest BCUT2D eigenvalue weighted by Gasteiger charge is 2.17. The van der Waals surface area contributed by atoms with E-state index in [0.29, 0.717) is 18.1 Å². The summed E-state index contributed by atoms with van der Waals surface area (Å²) >= 11 is 0. The van der Waals surface area contributed by atoms with Gasteiger partial charge in [-0.2, -0.15) is 5.10 Å². The van der Waals surface area contributed by atoms with E-state index < -0.39 is 0 Å². The molecular formula is C31H29N7O. The van der Waals surface area contributed by atoms with Gasteiger partial charge in [0.2, 0.25) is 0 Å². The molecule has 39 heavy (non-hydrogen) atoms. The zero-order valence-corrected chi connectivity index (χ0v) is 21.8. The van der Waals surface area contributed by atoms with Crippen molar-refractivity contribution in [3.05, 3.63) is 78.6 Å². The van der Waals surface area contributed by atoms with Crippen molar-refractivity contribution in [2.45, 2.75) is 19.8 Å². The van der Waals surface area contributed by atoms with Gasteiger partial charge in [0.15, 0.2) is 11.5 Å². The van der Waals surface area contributed by atoms with E-state index in [0.717, 1.165) is 69.8 Å². The molecule has 5 heterocycles. The van der Waals surface area contributed by atoms with E-state index in [4.69, 9.17) is 14.7 Å². The van der Waals surface area contributed by atoms with Crippen LogP contribution >= 0.6 is 0 Å². The van der Waals surface area contributed by atoms with Gasteiger partial charge in [-0.1, -0.05) is 42.0 Å². The maximum atomic E-state index is 6.02.